The molecule has 0 radical (unpaired) electrons. The summed E-state index contributed by atoms with van der Waals surface area (Å²) in [7, 11) is 0. The molecule has 0 fully saturated rings. The van der Waals surface area contributed by atoms with Gasteiger partial charge in [0.1, 0.15) is 36.4 Å². The van der Waals surface area contributed by atoms with Crippen molar-refractivity contribution in [1.82, 2.24) is 22.8 Å². The zero-order valence-electron chi connectivity index (χ0n) is 61.1. The summed E-state index contributed by atoms with van der Waals surface area (Å²) < 4.78 is 10.4. The third kappa shape index (κ3) is 9.50. The SMILES string of the molecule is CC1(C)c2ccccc2-c2c1ccc1c2c2ccccc2n1-c1c(C#N)c(C#N)cc(-c2cc(C#N)cc(-n3c4ccccc4c4ccccc43)c2)c1C#N.N#Cc1cc(-c2ccc(C#N)c(-n3c4ccccc4c4c3ccc3c5ccccc5n(-c5ccccc5)c34)c2C#N)c(C#N)c(-n2c3ccccc3c3ccccc32)c1. The van der Waals surface area contributed by atoms with Crippen molar-refractivity contribution < 1.29 is 0 Å². The number of nitriles is 8. The minimum absolute atomic E-state index is 0.116. The van der Waals surface area contributed by atoms with Gasteiger partial charge in [-0.2, -0.15) is 42.1 Å². The van der Waals surface area contributed by atoms with Crippen LogP contribution in [-0.2, 0) is 5.41 Å². The molecular weight excluding hydrogens is 1400 g/mol. The van der Waals surface area contributed by atoms with E-state index in [0.29, 0.717) is 61.6 Å². The third-order valence-corrected chi connectivity index (χ3v) is 23.0. The van der Waals surface area contributed by atoms with Crippen molar-refractivity contribution in [3.63, 3.8) is 0 Å². The maximum Gasteiger partial charge on any atom is 0.103 e. The molecule has 1 aliphatic rings. The number of hydrogen-bond donors (Lipinski definition) is 0. The lowest BCUT2D eigenvalue weighted by Crippen LogP contribution is -2.14. The molecule has 0 unspecified atom stereocenters. The standard InChI is InChI=1S/C52H27N7.C49H28N6/c53-28-32-26-41(42(30-55)49(27-32)58-45-19-9-4-14-36(45)37-15-5-10-20-46(37)58)35-23-22-33(29-54)51(43(35)31-56)59-47-21-11-7-17-40(47)50-48(59)25-24-39-38-16-6-8-18-44(38)57(52(39)50)34-12-2-1-3-13-34;1-49(2)40-15-7-3-13-35(40)46-41(49)19-20-45-47(46)36-14-6-10-18-44(36)55(45)48-38(27-52)31(26-51)24-37(39(48)28-53)30-21-29(25-50)22-32(23-30)54-42-16-8-4-11-33(42)34-12-5-9-17-43(34)54/h1-27H;3-24H,1-2H3. The first-order valence-corrected chi connectivity index (χ1v) is 37.1. The number of fused-ring (bicyclic) bond motifs is 20. The van der Waals surface area contributed by atoms with Crippen LogP contribution < -0.4 is 0 Å². The Labute approximate surface area is 652 Å². The van der Waals surface area contributed by atoms with Gasteiger partial charge >= 0.3 is 0 Å². The molecule has 0 saturated carbocycles. The van der Waals surface area contributed by atoms with Gasteiger partial charge in [-0.1, -0.05) is 202 Å². The monoisotopic (exact) mass is 1450 g/mol. The Morgan fingerprint density at radius 3 is 1.29 bits per heavy atom. The fourth-order valence-electron chi connectivity index (χ4n) is 18.3. The molecule has 114 heavy (non-hydrogen) atoms. The van der Waals surface area contributed by atoms with Crippen molar-refractivity contribution in [1.29, 1.82) is 42.1 Å². The molecule has 15 aromatic carbocycles. The molecule has 21 rings (SSSR count). The summed E-state index contributed by atoms with van der Waals surface area (Å²) >= 11 is 0. The van der Waals surface area contributed by atoms with Crippen LogP contribution in [0.5, 0.6) is 0 Å². The maximum absolute atomic E-state index is 11.3. The Kier molecular flexibility index (Phi) is 15.0. The van der Waals surface area contributed by atoms with Gasteiger partial charge in [-0.15, -0.1) is 0 Å². The van der Waals surface area contributed by atoms with E-state index in [4.69, 9.17) is 0 Å². The largest absolute Gasteiger partial charge is 0.309 e. The van der Waals surface area contributed by atoms with Crippen LogP contribution in [0.15, 0.2) is 297 Å². The molecule has 524 valence electrons. The number of rotatable bonds is 7. The van der Waals surface area contributed by atoms with Crippen LogP contribution in [0, 0.1) is 90.6 Å². The van der Waals surface area contributed by atoms with Gasteiger partial charge in [0.25, 0.3) is 0 Å². The van der Waals surface area contributed by atoms with Gasteiger partial charge in [0, 0.05) is 87.3 Å². The second-order valence-electron chi connectivity index (χ2n) is 29.1. The molecule has 0 atom stereocenters. The zero-order valence-corrected chi connectivity index (χ0v) is 61.1. The fourth-order valence-corrected chi connectivity index (χ4v) is 18.3. The van der Waals surface area contributed by atoms with E-state index in [1.807, 2.05) is 141 Å². The summed E-state index contributed by atoms with van der Waals surface area (Å²) in [4.78, 5) is 0. The van der Waals surface area contributed by atoms with Crippen LogP contribution >= 0.6 is 0 Å². The highest BCUT2D eigenvalue weighted by atomic mass is 15.0. The van der Waals surface area contributed by atoms with Crippen molar-refractivity contribution in [2.45, 2.75) is 19.3 Å². The number of para-hydroxylation sites is 8. The molecule has 13 nitrogen and oxygen atoms in total. The van der Waals surface area contributed by atoms with Gasteiger partial charge in [-0.25, -0.2) is 0 Å². The van der Waals surface area contributed by atoms with E-state index in [2.05, 4.69) is 205 Å². The van der Waals surface area contributed by atoms with Crippen LogP contribution in [0.2, 0.25) is 0 Å². The van der Waals surface area contributed by atoms with Crippen molar-refractivity contribution in [2.75, 3.05) is 0 Å². The molecule has 20 aromatic rings. The Morgan fingerprint density at radius 1 is 0.254 bits per heavy atom. The highest BCUT2D eigenvalue weighted by molar-refractivity contribution is 6.27. The smallest absolute Gasteiger partial charge is 0.103 e. The molecule has 5 heterocycles. The predicted octanol–water partition coefficient (Wildman–Crippen LogP) is 23.5. The van der Waals surface area contributed by atoms with Crippen molar-refractivity contribution in [3.8, 4) is 110 Å². The van der Waals surface area contributed by atoms with Gasteiger partial charge < -0.3 is 22.8 Å². The Balaban J connectivity index is 0.000000148. The molecule has 0 aliphatic heterocycles. The van der Waals surface area contributed by atoms with Crippen LogP contribution in [-0.4, -0.2) is 22.8 Å². The van der Waals surface area contributed by atoms with Crippen molar-refractivity contribution in [2.24, 2.45) is 0 Å². The average molecular weight is 1450 g/mol. The summed E-state index contributed by atoms with van der Waals surface area (Å²) in [6, 6.07) is 117. The van der Waals surface area contributed by atoms with E-state index in [-0.39, 0.29) is 27.7 Å². The molecule has 5 aromatic heterocycles. The second kappa shape index (κ2) is 25.7. The minimum Gasteiger partial charge on any atom is -0.309 e. The summed E-state index contributed by atoms with van der Waals surface area (Å²) in [5, 5.41) is 96.9. The fraction of sp³-hybridized carbons (Fsp3) is 0.0297. The maximum atomic E-state index is 11.3. The summed E-state index contributed by atoms with van der Waals surface area (Å²) in [5.74, 6) is 0. The van der Waals surface area contributed by atoms with Crippen molar-refractivity contribution >= 4 is 109 Å². The number of benzene rings is 15. The molecule has 0 spiro atoms. The highest BCUT2D eigenvalue weighted by Crippen LogP contribution is 2.54. The van der Waals surface area contributed by atoms with Gasteiger partial charge in [0.2, 0.25) is 0 Å². The number of aromatic nitrogens is 5. The van der Waals surface area contributed by atoms with Crippen LogP contribution in [0.4, 0.5) is 0 Å². The molecule has 0 bridgehead atoms. The van der Waals surface area contributed by atoms with E-state index in [0.717, 1.165) is 132 Å². The predicted molar refractivity (Wildman–Crippen MR) is 451 cm³/mol. The molecule has 0 saturated heterocycles. The van der Waals surface area contributed by atoms with E-state index >= 15 is 0 Å². The first-order valence-electron chi connectivity index (χ1n) is 37.1. The summed E-state index contributed by atoms with van der Waals surface area (Å²) in [6.45, 7) is 4.49. The van der Waals surface area contributed by atoms with Gasteiger partial charge in [0.05, 0.1) is 129 Å². The minimum atomic E-state index is -0.229. The summed E-state index contributed by atoms with van der Waals surface area (Å²) in [6.07, 6.45) is 0. The van der Waals surface area contributed by atoms with Crippen LogP contribution in [0.1, 0.15) is 69.5 Å². The Hall–Kier alpha value is -16.8. The molecule has 0 amide bonds. The third-order valence-electron chi connectivity index (χ3n) is 23.0. The van der Waals surface area contributed by atoms with Crippen LogP contribution in [0.25, 0.3) is 171 Å². The number of hydrogen-bond acceptors (Lipinski definition) is 8. The summed E-state index contributed by atoms with van der Waals surface area (Å²) in [5.41, 5.74) is 20.6. The van der Waals surface area contributed by atoms with Gasteiger partial charge in [-0.3, -0.25) is 0 Å². The van der Waals surface area contributed by atoms with E-state index in [9.17, 15) is 42.1 Å². The topological polar surface area (TPSA) is 215 Å². The second-order valence-corrected chi connectivity index (χ2v) is 29.1. The van der Waals surface area contributed by atoms with Gasteiger partial charge in [0.15, 0.2) is 0 Å². The van der Waals surface area contributed by atoms with E-state index < -0.39 is 0 Å². The molecule has 0 N–H and O–H groups in total. The van der Waals surface area contributed by atoms with Gasteiger partial charge in [-0.05, 0) is 137 Å². The Morgan fingerprint density at radius 2 is 0.719 bits per heavy atom. The van der Waals surface area contributed by atoms with E-state index in [1.54, 1.807) is 36.4 Å². The highest BCUT2D eigenvalue weighted by Gasteiger charge is 2.38. The quantitative estimate of drug-likeness (QED) is 0.149. The zero-order chi connectivity index (χ0) is 77.4. The first-order chi connectivity index (χ1) is 56.0. The molecular formula is C101H55N13. The Bertz CT molecular complexity index is 7960. The molecule has 13 heteroatoms. The normalized spacial score (nSPS) is 11.9. The lowest BCUT2D eigenvalue weighted by molar-refractivity contribution is 0.661. The average Bonchev–Trinajstić information content (AvgIpc) is 1.55. The first kappa shape index (κ1) is 66.6. The van der Waals surface area contributed by atoms with Crippen molar-refractivity contribution in [3.05, 3.63) is 353 Å². The molecule has 1 aliphatic carbocycles. The lowest BCUT2D eigenvalue weighted by Gasteiger charge is -2.21. The van der Waals surface area contributed by atoms with Crippen LogP contribution in [0.3, 0.4) is 0 Å². The number of nitrogens with zero attached hydrogens (tertiary/aromatic N) is 13. The van der Waals surface area contributed by atoms with E-state index in [1.165, 1.54) is 11.1 Å². The lowest BCUT2D eigenvalue weighted by atomic mass is 9.82.